The van der Waals surface area contributed by atoms with Crippen molar-refractivity contribution in [2.75, 3.05) is 7.05 Å². The Morgan fingerprint density at radius 2 is 2.05 bits per heavy atom. The van der Waals surface area contributed by atoms with Gasteiger partial charge in [-0.3, -0.25) is 9.59 Å². The molecule has 0 unspecified atom stereocenters. The number of amides is 1. The van der Waals surface area contributed by atoms with Crippen LogP contribution in [0, 0.1) is 5.92 Å². The Balaban J connectivity index is 1.94. The molecule has 1 fully saturated rings. The minimum atomic E-state index is 0.0230. The lowest BCUT2D eigenvalue weighted by molar-refractivity contribution is -0.136. The average molecular weight is 324 g/mol. The van der Waals surface area contributed by atoms with Crippen molar-refractivity contribution in [2.24, 2.45) is 5.92 Å². The van der Waals surface area contributed by atoms with Crippen molar-refractivity contribution < 1.29 is 9.59 Å². The molecule has 0 heterocycles. The number of carbonyl (C=O) groups is 2. The van der Waals surface area contributed by atoms with Crippen molar-refractivity contribution in [3.8, 4) is 0 Å². The van der Waals surface area contributed by atoms with E-state index in [1.807, 2.05) is 31.3 Å². The quantitative estimate of drug-likeness (QED) is 0.856. The SMILES string of the molecule is CN(Cc1cccc(Br)c1)C(=O)C1CCC(=O)CC1. The van der Waals surface area contributed by atoms with Gasteiger partial charge in [0.15, 0.2) is 0 Å². The largest absolute Gasteiger partial charge is 0.341 e. The molecule has 3 nitrogen and oxygen atoms in total. The van der Waals surface area contributed by atoms with E-state index in [9.17, 15) is 9.59 Å². The van der Waals surface area contributed by atoms with Crippen LogP contribution in [-0.2, 0) is 16.1 Å². The third-order valence-corrected chi connectivity index (χ3v) is 4.07. The number of nitrogens with zero attached hydrogens (tertiary/aromatic N) is 1. The molecule has 0 atom stereocenters. The zero-order valence-electron chi connectivity index (χ0n) is 11.1. The second-order valence-electron chi connectivity index (χ2n) is 5.14. The summed E-state index contributed by atoms with van der Waals surface area (Å²) in [5.41, 5.74) is 1.11. The van der Waals surface area contributed by atoms with E-state index < -0.39 is 0 Å². The third-order valence-electron chi connectivity index (χ3n) is 3.58. The summed E-state index contributed by atoms with van der Waals surface area (Å²) < 4.78 is 1.02. The van der Waals surface area contributed by atoms with Crippen LogP contribution in [0.15, 0.2) is 28.7 Å². The summed E-state index contributed by atoms with van der Waals surface area (Å²) in [6, 6.07) is 7.97. The second-order valence-corrected chi connectivity index (χ2v) is 6.05. The Hall–Kier alpha value is -1.16. The molecule has 0 bridgehead atoms. The maximum Gasteiger partial charge on any atom is 0.225 e. The maximum atomic E-state index is 12.3. The molecule has 1 aromatic rings. The van der Waals surface area contributed by atoms with Crippen molar-refractivity contribution in [3.63, 3.8) is 0 Å². The number of Topliss-reactive ketones (excluding diaryl/α,β-unsaturated/α-hetero) is 1. The maximum absolute atomic E-state index is 12.3. The third kappa shape index (κ3) is 3.90. The molecule has 2 rings (SSSR count). The molecule has 0 spiro atoms. The molecular weight excluding hydrogens is 306 g/mol. The first-order chi connectivity index (χ1) is 9.06. The second kappa shape index (κ2) is 6.33. The molecule has 102 valence electrons. The van der Waals surface area contributed by atoms with Gasteiger partial charge in [0.05, 0.1) is 0 Å². The molecule has 0 N–H and O–H groups in total. The van der Waals surface area contributed by atoms with E-state index in [0.29, 0.717) is 38.0 Å². The van der Waals surface area contributed by atoms with Crippen LogP contribution in [-0.4, -0.2) is 23.6 Å². The zero-order chi connectivity index (χ0) is 13.8. The summed E-state index contributed by atoms with van der Waals surface area (Å²) in [6.45, 7) is 0.614. The van der Waals surface area contributed by atoms with Gasteiger partial charge in [-0.15, -0.1) is 0 Å². The fourth-order valence-electron chi connectivity index (χ4n) is 2.49. The lowest BCUT2D eigenvalue weighted by Crippen LogP contribution is -2.34. The van der Waals surface area contributed by atoms with Crippen LogP contribution in [0.5, 0.6) is 0 Å². The number of hydrogen-bond donors (Lipinski definition) is 0. The summed E-state index contributed by atoms with van der Waals surface area (Å²) in [5, 5.41) is 0. The Labute approximate surface area is 122 Å². The Bertz CT molecular complexity index is 477. The van der Waals surface area contributed by atoms with Gasteiger partial charge < -0.3 is 4.90 Å². The van der Waals surface area contributed by atoms with Gasteiger partial charge in [0.2, 0.25) is 5.91 Å². The predicted octanol–water partition coefficient (Wildman–Crippen LogP) is 3.17. The number of ketones is 1. The average Bonchev–Trinajstić information content (AvgIpc) is 2.39. The molecule has 0 aromatic heterocycles. The van der Waals surface area contributed by atoms with Crippen molar-refractivity contribution in [1.29, 1.82) is 0 Å². The van der Waals surface area contributed by atoms with Crippen molar-refractivity contribution in [1.82, 2.24) is 4.90 Å². The molecule has 0 aliphatic heterocycles. The zero-order valence-corrected chi connectivity index (χ0v) is 12.6. The van der Waals surface area contributed by atoms with Gasteiger partial charge in [-0.05, 0) is 30.5 Å². The van der Waals surface area contributed by atoms with Crippen LogP contribution < -0.4 is 0 Å². The van der Waals surface area contributed by atoms with E-state index in [2.05, 4.69) is 15.9 Å². The lowest BCUT2D eigenvalue weighted by Gasteiger charge is -2.26. The van der Waals surface area contributed by atoms with E-state index in [1.165, 1.54) is 0 Å². The van der Waals surface area contributed by atoms with Crippen molar-refractivity contribution >= 4 is 27.6 Å². The van der Waals surface area contributed by atoms with Crippen LogP contribution in [0.1, 0.15) is 31.2 Å². The molecule has 1 aromatic carbocycles. The highest BCUT2D eigenvalue weighted by molar-refractivity contribution is 9.10. The molecule has 1 saturated carbocycles. The molecule has 19 heavy (non-hydrogen) atoms. The van der Waals surface area contributed by atoms with E-state index >= 15 is 0 Å². The smallest absolute Gasteiger partial charge is 0.225 e. The van der Waals surface area contributed by atoms with Crippen LogP contribution >= 0.6 is 15.9 Å². The van der Waals surface area contributed by atoms with Gasteiger partial charge in [-0.25, -0.2) is 0 Å². The van der Waals surface area contributed by atoms with E-state index in [4.69, 9.17) is 0 Å². The van der Waals surface area contributed by atoms with Gasteiger partial charge in [0.25, 0.3) is 0 Å². The lowest BCUT2D eigenvalue weighted by atomic mass is 9.87. The monoisotopic (exact) mass is 323 g/mol. The standard InChI is InChI=1S/C15H18BrNO2/c1-17(10-11-3-2-4-13(16)9-11)15(19)12-5-7-14(18)8-6-12/h2-4,9,12H,5-8,10H2,1H3. The van der Waals surface area contributed by atoms with Crippen molar-refractivity contribution in [2.45, 2.75) is 32.2 Å². The van der Waals surface area contributed by atoms with Crippen LogP contribution in [0.4, 0.5) is 0 Å². The molecule has 0 radical (unpaired) electrons. The summed E-state index contributed by atoms with van der Waals surface area (Å²) in [6.07, 6.45) is 2.53. The van der Waals surface area contributed by atoms with Crippen LogP contribution in [0.2, 0.25) is 0 Å². The first-order valence-electron chi connectivity index (χ1n) is 6.57. The van der Waals surface area contributed by atoms with Gasteiger partial charge in [-0.2, -0.15) is 0 Å². The normalized spacial score (nSPS) is 16.4. The number of rotatable bonds is 3. The highest BCUT2D eigenvalue weighted by atomic mass is 79.9. The fraction of sp³-hybridized carbons (Fsp3) is 0.467. The van der Waals surface area contributed by atoms with E-state index in [-0.39, 0.29) is 11.8 Å². The minimum absolute atomic E-state index is 0.0230. The highest BCUT2D eigenvalue weighted by Crippen LogP contribution is 2.24. The number of halogens is 1. The Kier molecular flexibility index (Phi) is 4.75. The Morgan fingerprint density at radius 3 is 2.68 bits per heavy atom. The highest BCUT2D eigenvalue weighted by Gasteiger charge is 2.26. The number of carbonyl (C=O) groups excluding carboxylic acids is 2. The van der Waals surface area contributed by atoms with Gasteiger partial charge >= 0.3 is 0 Å². The van der Waals surface area contributed by atoms with E-state index in [1.54, 1.807) is 4.90 Å². The fourth-order valence-corrected chi connectivity index (χ4v) is 2.93. The van der Waals surface area contributed by atoms with Gasteiger partial charge in [0.1, 0.15) is 5.78 Å². The minimum Gasteiger partial charge on any atom is -0.341 e. The van der Waals surface area contributed by atoms with Gasteiger partial charge in [0, 0.05) is 36.8 Å². The van der Waals surface area contributed by atoms with Crippen molar-refractivity contribution in [3.05, 3.63) is 34.3 Å². The summed E-state index contributed by atoms with van der Waals surface area (Å²) in [7, 11) is 1.83. The number of benzene rings is 1. The predicted molar refractivity (Wildman–Crippen MR) is 77.6 cm³/mol. The summed E-state index contributed by atoms with van der Waals surface area (Å²) >= 11 is 3.43. The summed E-state index contributed by atoms with van der Waals surface area (Å²) in [5.74, 6) is 0.473. The van der Waals surface area contributed by atoms with Crippen LogP contribution in [0.3, 0.4) is 0 Å². The first-order valence-corrected chi connectivity index (χ1v) is 7.36. The molecular formula is C15H18BrNO2. The van der Waals surface area contributed by atoms with Crippen LogP contribution in [0.25, 0.3) is 0 Å². The van der Waals surface area contributed by atoms with E-state index in [0.717, 1.165) is 10.0 Å². The molecule has 1 aliphatic carbocycles. The molecule has 1 amide bonds. The summed E-state index contributed by atoms with van der Waals surface area (Å²) in [4.78, 5) is 25.3. The van der Waals surface area contributed by atoms with Gasteiger partial charge in [-0.1, -0.05) is 28.1 Å². The topological polar surface area (TPSA) is 37.4 Å². The number of hydrogen-bond acceptors (Lipinski definition) is 2. The molecule has 0 saturated heterocycles. The molecule has 1 aliphatic rings. The first kappa shape index (κ1) is 14.3. The Morgan fingerprint density at radius 1 is 1.37 bits per heavy atom. The molecule has 4 heteroatoms.